The van der Waals surface area contributed by atoms with Gasteiger partial charge in [-0.05, 0) is 42.7 Å². The number of carbonyl (C=O) groups excluding carboxylic acids is 2. The molecule has 1 aliphatic rings. The molecule has 0 saturated carbocycles. The van der Waals surface area contributed by atoms with E-state index in [1.165, 1.54) is 0 Å². The predicted molar refractivity (Wildman–Crippen MR) is 136 cm³/mol. The van der Waals surface area contributed by atoms with Crippen molar-refractivity contribution in [2.75, 3.05) is 20.8 Å². The molecular formula is C28H29ClN2O4. The molecular weight excluding hydrogens is 464 g/mol. The van der Waals surface area contributed by atoms with Crippen LogP contribution in [0.2, 0.25) is 5.02 Å². The fraction of sp³-hybridized carbons (Fsp3) is 0.286. The van der Waals surface area contributed by atoms with Crippen LogP contribution in [0.4, 0.5) is 0 Å². The summed E-state index contributed by atoms with van der Waals surface area (Å²) in [4.78, 5) is 28.5. The van der Waals surface area contributed by atoms with E-state index in [4.69, 9.17) is 21.1 Å². The molecule has 2 atom stereocenters. The van der Waals surface area contributed by atoms with Crippen molar-refractivity contribution in [2.45, 2.75) is 31.3 Å². The average molecular weight is 493 g/mol. The highest BCUT2D eigenvalue weighted by Gasteiger charge is 2.33. The van der Waals surface area contributed by atoms with Crippen LogP contribution in [0.1, 0.15) is 52.8 Å². The maximum Gasteiger partial charge on any atom is 0.253 e. The minimum absolute atomic E-state index is 0.0290. The Kier molecular flexibility index (Phi) is 7.93. The number of halogens is 1. The first kappa shape index (κ1) is 24.6. The van der Waals surface area contributed by atoms with Crippen LogP contribution in [-0.4, -0.2) is 37.5 Å². The number of carbonyl (C=O) groups is 2. The van der Waals surface area contributed by atoms with Gasteiger partial charge >= 0.3 is 0 Å². The molecule has 0 radical (unpaired) electrons. The fourth-order valence-electron chi connectivity index (χ4n) is 4.59. The maximum atomic E-state index is 13.6. The zero-order valence-corrected chi connectivity index (χ0v) is 20.6. The molecule has 0 bridgehead atoms. The third-order valence-corrected chi connectivity index (χ3v) is 6.71. The monoisotopic (exact) mass is 492 g/mol. The standard InChI is InChI=1S/C28H29ClN2O4/c1-34-20-14-15-22(26(17-20)35-2)25-13-8-16-31(25)27(32)18-24(19-9-4-3-5-10-19)30-28(33)21-11-6-7-12-23(21)29/h3-7,9-12,14-15,17,24-25H,8,13,16,18H2,1-2H3,(H,30,33). The number of nitrogens with zero attached hydrogens (tertiary/aromatic N) is 1. The molecule has 35 heavy (non-hydrogen) atoms. The van der Waals surface area contributed by atoms with Gasteiger partial charge in [0.15, 0.2) is 0 Å². The second-order valence-corrected chi connectivity index (χ2v) is 8.88. The third-order valence-electron chi connectivity index (χ3n) is 6.38. The SMILES string of the molecule is COc1ccc(C2CCCN2C(=O)CC(NC(=O)c2ccccc2Cl)c2ccccc2)c(OC)c1. The zero-order valence-electron chi connectivity index (χ0n) is 19.9. The molecule has 1 N–H and O–H groups in total. The summed E-state index contributed by atoms with van der Waals surface area (Å²) in [5.41, 5.74) is 2.19. The van der Waals surface area contributed by atoms with Gasteiger partial charge in [0.1, 0.15) is 11.5 Å². The van der Waals surface area contributed by atoms with Gasteiger partial charge in [-0.2, -0.15) is 0 Å². The molecule has 4 rings (SSSR count). The fourth-order valence-corrected chi connectivity index (χ4v) is 4.81. The van der Waals surface area contributed by atoms with E-state index in [1.54, 1.807) is 38.5 Å². The molecule has 7 heteroatoms. The lowest BCUT2D eigenvalue weighted by atomic mass is 10.00. The zero-order chi connectivity index (χ0) is 24.8. The Morgan fingerprint density at radius 2 is 1.77 bits per heavy atom. The van der Waals surface area contributed by atoms with Crippen LogP contribution in [0.5, 0.6) is 11.5 Å². The van der Waals surface area contributed by atoms with Crippen molar-refractivity contribution in [3.05, 3.63) is 94.5 Å². The Balaban J connectivity index is 1.57. The number of ether oxygens (including phenoxy) is 2. The van der Waals surface area contributed by atoms with Gasteiger partial charge in [-0.25, -0.2) is 0 Å². The number of nitrogens with one attached hydrogen (secondary N) is 1. The molecule has 1 heterocycles. The van der Waals surface area contributed by atoms with Crippen LogP contribution >= 0.6 is 11.6 Å². The van der Waals surface area contributed by atoms with Crippen LogP contribution in [-0.2, 0) is 4.79 Å². The summed E-state index contributed by atoms with van der Waals surface area (Å²) in [5, 5.41) is 3.39. The number of benzene rings is 3. The van der Waals surface area contributed by atoms with Crippen molar-refractivity contribution in [2.24, 2.45) is 0 Å². The molecule has 6 nitrogen and oxygen atoms in total. The Bertz CT molecular complexity index is 1180. The molecule has 0 spiro atoms. The minimum atomic E-state index is -0.494. The summed E-state index contributed by atoms with van der Waals surface area (Å²) >= 11 is 6.24. The number of rotatable bonds is 8. The molecule has 2 unspecified atom stereocenters. The topological polar surface area (TPSA) is 67.9 Å². The molecule has 1 aliphatic heterocycles. The van der Waals surface area contributed by atoms with Crippen molar-refractivity contribution >= 4 is 23.4 Å². The number of likely N-dealkylation sites (tertiary alicyclic amines) is 1. The summed E-state index contributed by atoms with van der Waals surface area (Å²) in [6.45, 7) is 0.651. The van der Waals surface area contributed by atoms with E-state index in [0.717, 1.165) is 24.0 Å². The Morgan fingerprint density at radius 1 is 1.03 bits per heavy atom. The first-order valence-electron chi connectivity index (χ1n) is 11.6. The summed E-state index contributed by atoms with van der Waals surface area (Å²) in [5.74, 6) is 1.05. The van der Waals surface area contributed by atoms with E-state index in [9.17, 15) is 9.59 Å². The number of methoxy groups -OCH3 is 2. The first-order chi connectivity index (χ1) is 17.0. The summed E-state index contributed by atoms with van der Waals surface area (Å²) in [6, 6.07) is 21.5. The Morgan fingerprint density at radius 3 is 2.49 bits per heavy atom. The normalized spacial score (nSPS) is 16.0. The molecule has 1 fully saturated rings. The molecule has 0 aliphatic carbocycles. The molecule has 2 amide bonds. The van der Waals surface area contributed by atoms with E-state index in [0.29, 0.717) is 28.6 Å². The average Bonchev–Trinajstić information content (AvgIpc) is 3.38. The van der Waals surface area contributed by atoms with Gasteiger partial charge in [0.05, 0.1) is 43.3 Å². The summed E-state index contributed by atoms with van der Waals surface area (Å²) in [7, 11) is 3.23. The van der Waals surface area contributed by atoms with Gasteiger partial charge < -0.3 is 19.7 Å². The van der Waals surface area contributed by atoms with E-state index in [2.05, 4.69) is 5.32 Å². The summed E-state index contributed by atoms with van der Waals surface area (Å²) < 4.78 is 10.9. The van der Waals surface area contributed by atoms with Crippen molar-refractivity contribution in [3.63, 3.8) is 0 Å². The van der Waals surface area contributed by atoms with Crippen molar-refractivity contribution in [3.8, 4) is 11.5 Å². The summed E-state index contributed by atoms with van der Waals surface area (Å²) in [6.07, 6.45) is 1.87. The van der Waals surface area contributed by atoms with Gasteiger partial charge in [-0.15, -0.1) is 0 Å². The number of hydrogen-bond acceptors (Lipinski definition) is 4. The highest BCUT2D eigenvalue weighted by molar-refractivity contribution is 6.33. The number of hydrogen-bond donors (Lipinski definition) is 1. The Labute approximate surface area is 210 Å². The van der Waals surface area contributed by atoms with E-state index >= 15 is 0 Å². The van der Waals surface area contributed by atoms with Crippen LogP contribution in [0, 0.1) is 0 Å². The second kappa shape index (κ2) is 11.3. The largest absolute Gasteiger partial charge is 0.497 e. The molecule has 0 aromatic heterocycles. The van der Waals surface area contributed by atoms with Crippen molar-refractivity contribution in [1.29, 1.82) is 0 Å². The van der Waals surface area contributed by atoms with E-state index in [1.807, 2.05) is 53.4 Å². The highest BCUT2D eigenvalue weighted by Crippen LogP contribution is 2.39. The maximum absolute atomic E-state index is 13.6. The predicted octanol–water partition coefficient (Wildman–Crippen LogP) is 5.58. The molecule has 1 saturated heterocycles. The van der Waals surface area contributed by atoms with Gasteiger partial charge in [-0.1, -0.05) is 54.1 Å². The van der Waals surface area contributed by atoms with E-state index < -0.39 is 6.04 Å². The third kappa shape index (κ3) is 5.60. The van der Waals surface area contributed by atoms with Crippen molar-refractivity contribution < 1.29 is 19.1 Å². The van der Waals surface area contributed by atoms with Gasteiger partial charge in [0.25, 0.3) is 5.91 Å². The lowest BCUT2D eigenvalue weighted by molar-refractivity contribution is -0.132. The van der Waals surface area contributed by atoms with Crippen LogP contribution in [0.25, 0.3) is 0 Å². The minimum Gasteiger partial charge on any atom is -0.497 e. The quantitative estimate of drug-likeness (QED) is 0.445. The van der Waals surface area contributed by atoms with Crippen LogP contribution in [0.3, 0.4) is 0 Å². The molecule has 182 valence electrons. The van der Waals surface area contributed by atoms with Crippen LogP contribution in [0.15, 0.2) is 72.8 Å². The smallest absolute Gasteiger partial charge is 0.253 e. The van der Waals surface area contributed by atoms with Gasteiger partial charge in [0, 0.05) is 18.2 Å². The van der Waals surface area contributed by atoms with E-state index in [-0.39, 0.29) is 24.3 Å². The highest BCUT2D eigenvalue weighted by atomic mass is 35.5. The lowest BCUT2D eigenvalue weighted by Gasteiger charge is -2.29. The van der Waals surface area contributed by atoms with Crippen molar-refractivity contribution in [1.82, 2.24) is 10.2 Å². The van der Waals surface area contributed by atoms with Gasteiger partial charge in [-0.3, -0.25) is 9.59 Å². The van der Waals surface area contributed by atoms with Crippen LogP contribution < -0.4 is 14.8 Å². The Hall–Kier alpha value is -3.51. The van der Waals surface area contributed by atoms with Gasteiger partial charge in [0.2, 0.25) is 5.91 Å². The first-order valence-corrected chi connectivity index (χ1v) is 12.0. The second-order valence-electron chi connectivity index (χ2n) is 8.47. The lowest BCUT2D eigenvalue weighted by Crippen LogP contribution is -2.36. The molecule has 3 aromatic carbocycles. The molecule has 3 aromatic rings. The number of amides is 2.